The fourth-order valence-corrected chi connectivity index (χ4v) is 2.41. The van der Waals surface area contributed by atoms with E-state index in [1.165, 1.54) is 17.4 Å². The zero-order chi connectivity index (χ0) is 10.8. The molecule has 0 aliphatic carbocycles. The summed E-state index contributed by atoms with van der Waals surface area (Å²) in [5, 5.41) is 0. The molecule has 1 nitrogen and oxygen atoms in total. The Balaban J connectivity index is 2.45. The van der Waals surface area contributed by atoms with Crippen LogP contribution < -0.4 is 5.73 Å². The minimum Gasteiger partial charge on any atom is -0.326 e. The van der Waals surface area contributed by atoms with Crippen LogP contribution in [0.2, 0.25) is 4.34 Å². The van der Waals surface area contributed by atoms with Crippen molar-refractivity contribution in [3.8, 4) is 10.4 Å². The largest absolute Gasteiger partial charge is 0.326 e. The molecule has 2 N–H and O–H groups in total. The summed E-state index contributed by atoms with van der Waals surface area (Å²) in [5.41, 5.74) is 6.79. The van der Waals surface area contributed by atoms with Crippen LogP contribution in [0.15, 0.2) is 30.3 Å². The van der Waals surface area contributed by atoms with Crippen LogP contribution in [0.4, 0.5) is 4.39 Å². The summed E-state index contributed by atoms with van der Waals surface area (Å²) in [4.78, 5) is 0.834. The summed E-state index contributed by atoms with van der Waals surface area (Å²) in [5.74, 6) is -0.253. The van der Waals surface area contributed by atoms with Gasteiger partial charge in [-0.25, -0.2) is 4.39 Å². The number of hydrogen-bond donors (Lipinski definition) is 1. The fraction of sp³-hybridized carbons (Fsp3) is 0.0909. The number of halogens is 2. The number of thiophene rings is 1. The van der Waals surface area contributed by atoms with Gasteiger partial charge >= 0.3 is 0 Å². The topological polar surface area (TPSA) is 26.0 Å². The highest BCUT2D eigenvalue weighted by atomic mass is 35.5. The number of nitrogens with two attached hydrogens (primary N) is 1. The summed E-state index contributed by atoms with van der Waals surface area (Å²) < 4.78 is 14.3. The van der Waals surface area contributed by atoms with Crippen molar-refractivity contribution in [3.63, 3.8) is 0 Å². The standard InChI is InChI=1S/C11H9ClFNS/c12-11-4-3-10(15-11)8-2-1-7(6-14)5-9(8)13/h1-5H,6,14H2. The van der Waals surface area contributed by atoms with Crippen LogP contribution >= 0.6 is 22.9 Å². The van der Waals surface area contributed by atoms with Crippen molar-refractivity contribution in [2.24, 2.45) is 5.73 Å². The SMILES string of the molecule is NCc1ccc(-c2ccc(Cl)s2)c(F)c1. The first-order valence-corrected chi connectivity index (χ1v) is 5.64. The van der Waals surface area contributed by atoms with Crippen molar-refractivity contribution in [3.05, 3.63) is 46.0 Å². The Kier molecular flexibility index (Phi) is 3.05. The molecule has 0 amide bonds. The Labute approximate surface area is 96.3 Å². The minimum absolute atomic E-state index is 0.253. The summed E-state index contributed by atoms with van der Waals surface area (Å²) in [7, 11) is 0. The maximum absolute atomic E-state index is 13.6. The van der Waals surface area contributed by atoms with Gasteiger partial charge in [0.15, 0.2) is 0 Å². The molecule has 0 spiro atoms. The van der Waals surface area contributed by atoms with Gasteiger partial charge in [0.05, 0.1) is 4.34 Å². The molecule has 0 aliphatic rings. The molecular weight excluding hydrogens is 233 g/mol. The Bertz CT molecular complexity index is 481. The first-order chi connectivity index (χ1) is 7.20. The van der Waals surface area contributed by atoms with E-state index < -0.39 is 0 Å². The third kappa shape index (κ3) is 2.20. The van der Waals surface area contributed by atoms with Crippen LogP contribution in [0.3, 0.4) is 0 Å². The van der Waals surface area contributed by atoms with E-state index in [4.69, 9.17) is 17.3 Å². The Hall–Kier alpha value is -0.900. The molecule has 0 atom stereocenters. The molecule has 2 aromatic rings. The lowest BCUT2D eigenvalue weighted by molar-refractivity contribution is 0.629. The van der Waals surface area contributed by atoms with E-state index in [1.54, 1.807) is 12.1 Å². The molecule has 0 aliphatic heterocycles. The van der Waals surface area contributed by atoms with E-state index in [-0.39, 0.29) is 5.82 Å². The van der Waals surface area contributed by atoms with Gasteiger partial charge in [0.25, 0.3) is 0 Å². The molecule has 0 saturated carbocycles. The van der Waals surface area contributed by atoms with E-state index >= 15 is 0 Å². The van der Waals surface area contributed by atoms with Crippen molar-refractivity contribution in [2.45, 2.75) is 6.54 Å². The summed E-state index contributed by atoms with van der Waals surface area (Å²) in [6, 6.07) is 8.60. The Morgan fingerprint density at radius 1 is 1.27 bits per heavy atom. The van der Waals surface area contributed by atoms with E-state index in [0.29, 0.717) is 16.4 Å². The van der Waals surface area contributed by atoms with Gasteiger partial charge in [-0.3, -0.25) is 0 Å². The molecule has 0 radical (unpaired) electrons. The van der Waals surface area contributed by atoms with Gasteiger partial charge in [0, 0.05) is 17.0 Å². The van der Waals surface area contributed by atoms with Gasteiger partial charge in [-0.2, -0.15) is 0 Å². The molecule has 0 unspecified atom stereocenters. The average Bonchev–Trinajstić information content (AvgIpc) is 2.64. The number of rotatable bonds is 2. The molecular formula is C11H9ClFNS. The normalized spacial score (nSPS) is 10.6. The second-order valence-electron chi connectivity index (χ2n) is 3.12. The van der Waals surface area contributed by atoms with Crippen molar-refractivity contribution in [1.29, 1.82) is 0 Å². The molecule has 1 aromatic carbocycles. The molecule has 1 heterocycles. The van der Waals surface area contributed by atoms with Crippen LogP contribution in [0.5, 0.6) is 0 Å². The van der Waals surface area contributed by atoms with E-state index in [0.717, 1.165) is 10.4 Å². The second-order valence-corrected chi connectivity index (χ2v) is 4.84. The van der Waals surface area contributed by atoms with Crippen molar-refractivity contribution in [1.82, 2.24) is 0 Å². The zero-order valence-electron chi connectivity index (χ0n) is 7.84. The second kappa shape index (κ2) is 4.31. The monoisotopic (exact) mass is 241 g/mol. The van der Waals surface area contributed by atoms with Gasteiger partial charge in [-0.1, -0.05) is 23.7 Å². The first kappa shape index (κ1) is 10.6. The molecule has 0 fully saturated rings. The number of benzene rings is 1. The van der Waals surface area contributed by atoms with Crippen LogP contribution in [0, 0.1) is 5.82 Å². The van der Waals surface area contributed by atoms with Gasteiger partial charge < -0.3 is 5.73 Å². The van der Waals surface area contributed by atoms with Gasteiger partial charge in [0.2, 0.25) is 0 Å². The Morgan fingerprint density at radius 3 is 2.60 bits per heavy atom. The third-order valence-electron chi connectivity index (χ3n) is 2.11. The van der Waals surface area contributed by atoms with Crippen molar-refractivity contribution < 1.29 is 4.39 Å². The predicted molar refractivity (Wildman–Crippen MR) is 62.6 cm³/mol. The molecule has 2 rings (SSSR count). The number of hydrogen-bond acceptors (Lipinski definition) is 2. The maximum atomic E-state index is 13.6. The molecule has 0 saturated heterocycles. The lowest BCUT2D eigenvalue weighted by Gasteiger charge is -2.02. The zero-order valence-corrected chi connectivity index (χ0v) is 9.41. The Morgan fingerprint density at radius 2 is 2.07 bits per heavy atom. The lowest BCUT2D eigenvalue weighted by atomic mass is 10.1. The molecule has 15 heavy (non-hydrogen) atoms. The quantitative estimate of drug-likeness (QED) is 0.853. The summed E-state index contributed by atoms with van der Waals surface area (Å²) >= 11 is 7.16. The third-order valence-corrected chi connectivity index (χ3v) is 3.37. The highest BCUT2D eigenvalue weighted by Crippen LogP contribution is 2.32. The molecule has 78 valence electrons. The van der Waals surface area contributed by atoms with Gasteiger partial charge in [-0.15, -0.1) is 11.3 Å². The van der Waals surface area contributed by atoms with Crippen molar-refractivity contribution >= 4 is 22.9 Å². The van der Waals surface area contributed by atoms with E-state index in [9.17, 15) is 4.39 Å². The fourth-order valence-electron chi connectivity index (χ4n) is 1.34. The van der Waals surface area contributed by atoms with E-state index in [2.05, 4.69) is 0 Å². The van der Waals surface area contributed by atoms with Crippen LogP contribution in [-0.4, -0.2) is 0 Å². The molecule has 1 aromatic heterocycles. The van der Waals surface area contributed by atoms with Crippen molar-refractivity contribution in [2.75, 3.05) is 0 Å². The van der Waals surface area contributed by atoms with Crippen LogP contribution in [0.25, 0.3) is 10.4 Å². The summed E-state index contributed by atoms with van der Waals surface area (Å²) in [6.07, 6.45) is 0. The molecule has 4 heteroatoms. The minimum atomic E-state index is -0.253. The lowest BCUT2D eigenvalue weighted by Crippen LogP contribution is -1.96. The van der Waals surface area contributed by atoms with Gasteiger partial charge in [0.1, 0.15) is 5.82 Å². The van der Waals surface area contributed by atoms with E-state index in [1.807, 2.05) is 12.1 Å². The summed E-state index contributed by atoms with van der Waals surface area (Å²) in [6.45, 7) is 0.350. The highest BCUT2D eigenvalue weighted by molar-refractivity contribution is 7.19. The predicted octanol–water partition coefficient (Wildman–Crippen LogP) is 3.67. The van der Waals surface area contributed by atoms with Gasteiger partial charge in [-0.05, 0) is 23.8 Å². The maximum Gasteiger partial charge on any atom is 0.132 e. The van der Waals surface area contributed by atoms with Crippen LogP contribution in [-0.2, 0) is 6.54 Å². The smallest absolute Gasteiger partial charge is 0.132 e. The highest BCUT2D eigenvalue weighted by Gasteiger charge is 2.07. The molecule has 0 bridgehead atoms. The first-order valence-electron chi connectivity index (χ1n) is 4.45. The average molecular weight is 242 g/mol. The van der Waals surface area contributed by atoms with Crippen LogP contribution in [0.1, 0.15) is 5.56 Å².